The maximum atomic E-state index is 11.6. The normalized spacial score (nSPS) is 12.4. The van der Waals surface area contributed by atoms with E-state index in [2.05, 4.69) is 235 Å². The van der Waals surface area contributed by atoms with Crippen molar-refractivity contribution in [2.75, 3.05) is 72.0 Å². The fourth-order valence-corrected chi connectivity index (χ4v) is 14.7. The van der Waals surface area contributed by atoms with Crippen LogP contribution >= 0.6 is 24.1 Å². The molecule has 8 aromatic carbocycles. The van der Waals surface area contributed by atoms with Crippen LogP contribution in [0, 0.1) is 0 Å². The molecule has 0 radical (unpaired) electrons. The summed E-state index contributed by atoms with van der Waals surface area (Å²) >= 11 is 1.77. The Morgan fingerprint density at radius 1 is 0.368 bits per heavy atom. The first-order valence-corrected chi connectivity index (χ1v) is 39.0. The van der Waals surface area contributed by atoms with Gasteiger partial charge in [-0.1, -0.05) is 97.1 Å². The van der Waals surface area contributed by atoms with Crippen molar-refractivity contribution in [3.05, 3.63) is 298 Å². The van der Waals surface area contributed by atoms with Crippen LogP contribution in [0.3, 0.4) is 0 Å². The fourth-order valence-electron chi connectivity index (χ4n) is 12.7. The van der Waals surface area contributed by atoms with Gasteiger partial charge < -0.3 is 39.2 Å². The van der Waals surface area contributed by atoms with E-state index in [1.165, 1.54) is 35.6 Å². The number of allylic oxidation sites excluding steroid dienone is 10. The van der Waals surface area contributed by atoms with Gasteiger partial charge in [0.2, 0.25) is 0 Å². The van der Waals surface area contributed by atoms with Crippen molar-refractivity contribution in [3.8, 4) is 0 Å². The zero-order chi connectivity index (χ0) is 74.2. The van der Waals surface area contributed by atoms with E-state index in [-0.39, 0.29) is 68.9 Å². The zero-order valence-corrected chi connectivity index (χ0v) is 69.1. The second-order valence-electron chi connectivity index (χ2n) is 24.4. The summed E-state index contributed by atoms with van der Waals surface area (Å²) < 4.78 is 83.0. The molecule has 0 N–H and O–H groups in total. The minimum Gasteiger partial charge on any atom is -0.744 e. The molecule has 2 aliphatic carbocycles. The van der Waals surface area contributed by atoms with Crippen LogP contribution in [0.2, 0.25) is 0 Å². The van der Waals surface area contributed by atoms with Crippen LogP contribution in [-0.4, -0.2) is 98.9 Å². The van der Waals surface area contributed by atoms with Gasteiger partial charge in [-0.25, -0.2) is 26.0 Å². The molecule has 2 aliphatic rings. The van der Waals surface area contributed by atoms with Crippen molar-refractivity contribution in [1.29, 1.82) is 0 Å². The Hall–Kier alpha value is -6.98. The number of hydrogen-bond donors (Lipinski definition) is 0. The Kier molecular flexibility index (Phi) is 34.7. The second-order valence-corrected chi connectivity index (χ2v) is 28.7. The van der Waals surface area contributed by atoms with Crippen LogP contribution in [0.5, 0.6) is 0 Å². The van der Waals surface area contributed by atoms with E-state index in [1.54, 1.807) is 12.1 Å². The van der Waals surface area contributed by atoms with Gasteiger partial charge in [-0.05, 0) is 232 Å². The number of anilines is 4. The summed E-state index contributed by atoms with van der Waals surface area (Å²) in [5.74, 6) is 0. The summed E-state index contributed by atoms with van der Waals surface area (Å²) in [5.41, 5.74) is 18.9. The van der Waals surface area contributed by atoms with Gasteiger partial charge in [0.25, 0.3) is 0 Å². The monoisotopic (exact) mass is 1520 g/mol. The fraction of sp³-hybridized carbons (Fsp3) is 0.244. The zero-order valence-electron chi connectivity index (χ0n) is 61.8. The van der Waals surface area contributed by atoms with Gasteiger partial charge in [-0.15, -0.1) is 0 Å². The van der Waals surface area contributed by atoms with Crippen molar-refractivity contribution in [3.63, 3.8) is 0 Å². The van der Waals surface area contributed by atoms with Crippen molar-refractivity contribution in [2.24, 2.45) is 0 Å². The maximum Gasteiger partial charge on any atom is 1.00 e. The molecule has 24 heteroatoms. The van der Waals surface area contributed by atoms with Crippen LogP contribution in [0.4, 0.5) is 22.7 Å². The summed E-state index contributed by atoms with van der Waals surface area (Å²) in [4.78, 5) is 10.3. The summed E-state index contributed by atoms with van der Waals surface area (Å²) in [6, 6.07) is 62.8. The Morgan fingerprint density at radius 2 is 0.651 bits per heavy atom. The molecule has 0 unspecified atom stereocenters. The average molecular weight is 1520 g/mol. The van der Waals surface area contributed by atoms with Crippen LogP contribution in [-0.2, 0) is 65.2 Å². The van der Waals surface area contributed by atoms with E-state index in [4.69, 9.17) is 0 Å². The molecule has 10 rings (SSSR count). The first-order chi connectivity index (χ1) is 50.3. The third kappa shape index (κ3) is 24.0. The molecule has 0 bridgehead atoms. The Morgan fingerprint density at radius 3 is 0.925 bits per heavy atom. The van der Waals surface area contributed by atoms with Crippen LogP contribution in [0.25, 0.3) is 11.1 Å². The first-order valence-electron chi connectivity index (χ1n) is 34.7. The maximum absolute atomic E-state index is 11.6. The van der Waals surface area contributed by atoms with Gasteiger partial charge in [0.05, 0.1) is 33.9 Å². The minimum atomic E-state index is -4.53. The molecule has 0 saturated carbocycles. The molecular weight excluding hydrogens is 1440 g/mol. The molecule has 0 saturated heterocycles. The van der Waals surface area contributed by atoms with Crippen molar-refractivity contribution in [2.45, 2.75) is 101 Å². The van der Waals surface area contributed by atoms with E-state index >= 15 is 0 Å². The Balaban J connectivity index is 0.000000290. The molecule has 106 heavy (non-hydrogen) atoms. The minimum absolute atomic E-state index is 0. The third-order valence-electron chi connectivity index (χ3n) is 18.2. The standard InChI is InChI=1S/2C41H45N3O6S2.2Na/c2*1-5-42(6-2)36-21-15-33(16-22-36)41(34-17-23-37(24-18-34)43(7-3)29-31-11-9-13-39(27-31)51-50-49-45)35-19-25-38(26-20-35)44(8-4)30-32-12-10-14-40(28-32)52(46,47)48;;/h2*9-28H,5-8,29-30H2,1-4H3,(H-,45,46,47,48);;/q;;2*+1/p-2. The summed E-state index contributed by atoms with van der Waals surface area (Å²) in [7, 11) is -9.07. The van der Waals surface area contributed by atoms with Crippen molar-refractivity contribution in [1.82, 2.24) is 0 Å². The smallest absolute Gasteiger partial charge is 0.744 e. The topological polar surface area (TPSA) is 216 Å². The largest absolute Gasteiger partial charge is 1.00 e. The van der Waals surface area contributed by atoms with Gasteiger partial charge in [0.1, 0.15) is 33.3 Å². The van der Waals surface area contributed by atoms with Gasteiger partial charge in [-0.2, -0.15) is 8.67 Å². The first kappa shape index (κ1) is 86.3. The SMILES string of the molecule is CCN(CC)c1ccc(C(=C2C=CC(=[N+](CC)Cc3cccc(S(=O)(=O)[O-])c3)C=C2)c2ccc(N(CC)Cc3cccc(SOO[O-])c3)cc2)cc1.CCN(CC)c1ccc(C(=C2C=CC(=[N+](CC)Cc3cccc(S(=O)(=O)[O-])c3)C=C2)c2ccc(N(CC)Cc3cccc(SOO[O-])c3)cc2)cc1.[Na+].[Na+]. The Bertz CT molecular complexity index is 4380. The number of hydrogen-bond acceptors (Lipinski definition) is 18. The van der Waals surface area contributed by atoms with Crippen molar-refractivity contribution < 1.29 is 123 Å². The molecule has 0 aromatic heterocycles. The molecule has 544 valence electrons. The Labute approximate surface area is 678 Å². The second kappa shape index (κ2) is 42.7. The number of rotatable bonds is 32. The molecule has 8 aromatic rings. The number of nitrogens with zero attached hydrogens (tertiary/aromatic N) is 6. The van der Waals surface area contributed by atoms with Gasteiger partial charge in [0, 0.05) is 120 Å². The van der Waals surface area contributed by atoms with Crippen molar-refractivity contribution >= 4 is 89.6 Å². The summed E-state index contributed by atoms with van der Waals surface area (Å²) in [6.07, 6.45) is 16.9. The quantitative estimate of drug-likeness (QED) is 0.00963. The van der Waals surface area contributed by atoms with Gasteiger partial charge in [0.15, 0.2) is 24.5 Å². The van der Waals surface area contributed by atoms with E-state index in [0.29, 0.717) is 39.3 Å². The van der Waals surface area contributed by atoms with Crippen LogP contribution in [0.1, 0.15) is 99.9 Å². The predicted octanol–water partition coefficient (Wildman–Crippen LogP) is 8.60. The average Bonchev–Trinajstić information content (AvgIpc) is 0.799. The van der Waals surface area contributed by atoms with E-state index in [9.17, 15) is 36.5 Å². The molecule has 0 amide bonds. The molecule has 0 aliphatic heterocycles. The summed E-state index contributed by atoms with van der Waals surface area (Å²) in [5, 5.41) is 27.6. The van der Waals surface area contributed by atoms with Crippen LogP contribution < -0.4 is 89.2 Å². The predicted molar refractivity (Wildman–Crippen MR) is 412 cm³/mol. The summed E-state index contributed by atoms with van der Waals surface area (Å²) in [6.45, 7) is 26.0. The van der Waals surface area contributed by atoms with E-state index < -0.39 is 20.2 Å². The molecular formula is C82H88N6Na2O12S4. The number of benzene rings is 8. The van der Waals surface area contributed by atoms with Gasteiger partial charge >= 0.3 is 59.1 Å². The third-order valence-corrected chi connectivity index (χ3v) is 21.0. The van der Waals surface area contributed by atoms with Gasteiger partial charge in [-0.3, -0.25) is 10.1 Å². The molecule has 0 atom stereocenters. The molecule has 18 nitrogen and oxygen atoms in total. The molecule has 0 heterocycles. The van der Waals surface area contributed by atoms with E-state index in [0.717, 1.165) is 163 Å². The van der Waals surface area contributed by atoms with Crippen LogP contribution in [0.15, 0.2) is 273 Å². The van der Waals surface area contributed by atoms with E-state index in [1.807, 2.05) is 74.5 Å². The molecule has 0 fully saturated rings. The molecule has 0 spiro atoms.